The van der Waals surface area contributed by atoms with Crippen LogP contribution in [0.15, 0.2) is 36.4 Å². The van der Waals surface area contributed by atoms with E-state index in [2.05, 4.69) is 5.32 Å². The number of rotatable bonds is 7. The van der Waals surface area contributed by atoms with Crippen molar-refractivity contribution in [3.05, 3.63) is 57.6 Å². The fraction of sp³-hybridized carbons (Fsp3) is 0.381. The number of hydrogen-bond donors (Lipinski definition) is 1. The van der Waals surface area contributed by atoms with Crippen LogP contribution in [0, 0.1) is 16.0 Å². The standard InChI is InChI=1S/C21H24N2O6/c1-4-27-17-7-6-15(11-16(17)23(25)26)21(24)22-20(13(2)3)14-5-8-18-19(12-14)29-10-9-28-18/h5-8,11-13,20H,4,9-10H2,1-3H3,(H,22,24). The van der Waals surface area contributed by atoms with E-state index in [1.807, 2.05) is 32.0 Å². The number of carbonyl (C=O) groups is 1. The summed E-state index contributed by atoms with van der Waals surface area (Å²) >= 11 is 0. The SMILES string of the molecule is CCOc1ccc(C(=O)NC(c2ccc3c(c2)OCCO3)C(C)C)cc1[N+](=O)[O-]. The number of fused-ring (bicyclic) bond motifs is 1. The van der Waals surface area contributed by atoms with Crippen LogP contribution in [0.2, 0.25) is 0 Å². The lowest BCUT2D eigenvalue weighted by molar-refractivity contribution is -0.385. The Kier molecular flexibility index (Phi) is 6.21. The maximum absolute atomic E-state index is 12.8. The van der Waals surface area contributed by atoms with E-state index in [1.54, 1.807) is 6.92 Å². The zero-order valence-electron chi connectivity index (χ0n) is 16.6. The number of nitrogens with one attached hydrogen (secondary N) is 1. The molecule has 1 atom stereocenters. The first-order chi connectivity index (χ1) is 13.9. The lowest BCUT2D eigenvalue weighted by Gasteiger charge is -2.25. The molecule has 0 saturated heterocycles. The van der Waals surface area contributed by atoms with Crippen LogP contribution in [0.1, 0.15) is 42.7 Å². The maximum atomic E-state index is 12.8. The lowest BCUT2D eigenvalue weighted by Crippen LogP contribution is -2.32. The fourth-order valence-electron chi connectivity index (χ4n) is 3.19. The molecule has 1 heterocycles. The van der Waals surface area contributed by atoms with E-state index in [0.29, 0.717) is 31.3 Å². The van der Waals surface area contributed by atoms with Gasteiger partial charge in [-0.2, -0.15) is 0 Å². The van der Waals surface area contributed by atoms with Crippen LogP contribution in [-0.2, 0) is 0 Å². The van der Waals surface area contributed by atoms with Crippen molar-refractivity contribution >= 4 is 11.6 Å². The highest BCUT2D eigenvalue weighted by atomic mass is 16.6. The van der Waals surface area contributed by atoms with Crippen molar-refractivity contribution in [2.45, 2.75) is 26.8 Å². The van der Waals surface area contributed by atoms with Crippen LogP contribution in [0.4, 0.5) is 5.69 Å². The van der Waals surface area contributed by atoms with E-state index in [1.165, 1.54) is 18.2 Å². The summed E-state index contributed by atoms with van der Waals surface area (Å²) in [6.45, 7) is 7.00. The first kappa shape index (κ1) is 20.4. The molecule has 2 aromatic rings. The summed E-state index contributed by atoms with van der Waals surface area (Å²) in [6.07, 6.45) is 0. The Morgan fingerprint density at radius 1 is 1.17 bits per heavy atom. The van der Waals surface area contributed by atoms with Crippen molar-refractivity contribution in [1.29, 1.82) is 0 Å². The summed E-state index contributed by atoms with van der Waals surface area (Å²) in [7, 11) is 0. The van der Waals surface area contributed by atoms with Crippen molar-refractivity contribution < 1.29 is 23.9 Å². The number of carbonyl (C=O) groups excluding carboxylic acids is 1. The molecule has 3 rings (SSSR count). The zero-order chi connectivity index (χ0) is 21.0. The molecule has 2 aromatic carbocycles. The van der Waals surface area contributed by atoms with Crippen LogP contribution in [-0.4, -0.2) is 30.7 Å². The average molecular weight is 400 g/mol. The largest absolute Gasteiger partial charge is 0.487 e. The number of nitro benzene ring substituents is 1. The molecule has 0 radical (unpaired) electrons. The quantitative estimate of drug-likeness (QED) is 0.559. The molecule has 0 saturated carbocycles. The highest BCUT2D eigenvalue weighted by molar-refractivity contribution is 5.95. The third-order valence-corrected chi connectivity index (χ3v) is 4.60. The van der Waals surface area contributed by atoms with Crippen LogP contribution in [0.5, 0.6) is 17.2 Å². The summed E-state index contributed by atoms with van der Waals surface area (Å²) in [5.41, 5.74) is 0.835. The van der Waals surface area contributed by atoms with E-state index in [0.717, 1.165) is 5.56 Å². The topological polar surface area (TPSA) is 99.9 Å². The molecule has 0 aromatic heterocycles. The summed E-state index contributed by atoms with van der Waals surface area (Å²) < 4.78 is 16.5. The molecular formula is C21H24N2O6. The highest BCUT2D eigenvalue weighted by Gasteiger charge is 2.24. The molecule has 0 bridgehead atoms. The molecule has 0 spiro atoms. The van der Waals surface area contributed by atoms with Gasteiger partial charge in [0.15, 0.2) is 17.2 Å². The smallest absolute Gasteiger partial charge is 0.311 e. The van der Waals surface area contributed by atoms with Gasteiger partial charge in [-0.05, 0) is 42.7 Å². The van der Waals surface area contributed by atoms with Gasteiger partial charge < -0.3 is 19.5 Å². The second-order valence-corrected chi connectivity index (χ2v) is 6.97. The number of hydrogen-bond acceptors (Lipinski definition) is 6. The molecule has 0 aliphatic carbocycles. The Hall–Kier alpha value is -3.29. The van der Waals surface area contributed by atoms with E-state index in [9.17, 15) is 14.9 Å². The monoisotopic (exact) mass is 400 g/mol. The predicted molar refractivity (Wildman–Crippen MR) is 107 cm³/mol. The Balaban J connectivity index is 1.85. The molecule has 154 valence electrons. The number of amides is 1. The van der Waals surface area contributed by atoms with Crippen LogP contribution in [0.3, 0.4) is 0 Å². The minimum atomic E-state index is -0.553. The third-order valence-electron chi connectivity index (χ3n) is 4.60. The van der Waals surface area contributed by atoms with E-state index < -0.39 is 10.8 Å². The molecule has 1 aliphatic heterocycles. The van der Waals surface area contributed by atoms with E-state index >= 15 is 0 Å². The van der Waals surface area contributed by atoms with Gasteiger partial charge in [0.2, 0.25) is 0 Å². The summed E-state index contributed by atoms with van der Waals surface area (Å²) in [5, 5.41) is 14.3. The first-order valence-corrected chi connectivity index (χ1v) is 9.52. The Bertz CT molecular complexity index is 912. The second-order valence-electron chi connectivity index (χ2n) is 6.97. The average Bonchev–Trinajstić information content (AvgIpc) is 2.71. The number of ether oxygens (including phenoxy) is 3. The summed E-state index contributed by atoms with van der Waals surface area (Å²) in [6, 6.07) is 9.48. The van der Waals surface area contributed by atoms with E-state index in [-0.39, 0.29) is 29.0 Å². The second kappa shape index (κ2) is 8.81. The zero-order valence-corrected chi connectivity index (χ0v) is 16.6. The summed E-state index contributed by atoms with van der Waals surface area (Å²) in [5.74, 6) is 1.14. The van der Waals surface area contributed by atoms with E-state index in [4.69, 9.17) is 14.2 Å². The third kappa shape index (κ3) is 4.59. The first-order valence-electron chi connectivity index (χ1n) is 9.52. The highest BCUT2D eigenvalue weighted by Crippen LogP contribution is 2.35. The lowest BCUT2D eigenvalue weighted by atomic mass is 9.95. The van der Waals surface area contributed by atoms with Crippen molar-refractivity contribution in [1.82, 2.24) is 5.32 Å². The Morgan fingerprint density at radius 2 is 1.90 bits per heavy atom. The van der Waals surface area contributed by atoms with Gasteiger partial charge in [0.05, 0.1) is 17.6 Å². The fourth-order valence-corrected chi connectivity index (χ4v) is 3.19. The Morgan fingerprint density at radius 3 is 2.55 bits per heavy atom. The molecule has 1 unspecified atom stereocenters. The number of nitro groups is 1. The van der Waals surface area contributed by atoms with Crippen molar-refractivity contribution in [3.8, 4) is 17.2 Å². The van der Waals surface area contributed by atoms with Gasteiger partial charge >= 0.3 is 5.69 Å². The van der Waals surface area contributed by atoms with Crippen LogP contribution < -0.4 is 19.5 Å². The van der Waals surface area contributed by atoms with Crippen LogP contribution >= 0.6 is 0 Å². The molecular weight excluding hydrogens is 376 g/mol. The van der Waals surface area contributed by atoms with Gasteiger partial charge in [0.25, 0.3) is 5.91 Å². The predicted octanol–water partition coefficient (Wildman–Crippen LogP) is 3.89. The van der Waals surface area contributed by atoms with Crippen molar-refractivity contribution in [2.75, 3.05) is 19.8 Å². The molecule has 8 nitrogen and oxygen atoms in total. The minimum absolute atomic E-state index is 0.0826. The number of nitrogens with zero attached hydrogens (tertiary/aromatic N) is 1. The van der Waals surface area contributed by atoms with Gasteiger partial charge in [-0.1, -0.05) is 19.9 Å². The van der Waals surface area contributed by atoms with Gasteiger partial charge in [0, 0.05) is 11.6 Å². The molecule has 8 heteroatoms. The normalized spacial score (nSPS) is 13.7. The van der Waals surface area contributed by atoms with Crippen molar-refractivity contribution in [3.63, 3.8) is 0 Å². The number of benzene rings is 2. The summed E-state index contributed by atoms with van der Waals surface area (Å²) in [4.78, 5) is 23.6. The van der Waals surface area contributed by atoms with Crippen molar-refractivity contribution in [2.24, 2.45) is 5.92 Å². The Labute approximate surface area is 168 Å². The molecule has 0 fully saturated rings. The maximum Gasteiger partial charge on any atom is 0.311 e. The van der Waals surface area contributed by atoms with Crippen LogP contribution in [0.25, 0.3) is 0 Å². The van der Waals surface area contributed by atoms with Gasteiger partial charge in [-0.25, -0.2) is 0 Å². The van der Waals surface area contributed by atoms with Gasteiger partial charge in [-0.3, -0.25) is 14.9 Å². The molecule has 1 N–H and O–H groups in total. The van der Waals surface area contributed by atoms with Gasteiger partial charge in [-0.15, -0.1) is 0 Å². The molecule has 29 heavy (non-hydrogen) atoms. The molecule has 1 amide bonds. The minimum Gasteiger partial charge on any atom is -0.487 e. The molecule has 1 aliphatic rings. The van der Waals surface area contributed by atoms with Gasteiger partial charge in [0.1, 0.15) is 13.2 Å².